The lowest BCUT2D eigenvalue weighted by atomic mass is 9.84. The van der Waals surface area contributed by atoms with Gasteiger partial charge in [0, 0.05) is 29.4 Å². The van der Waals surface area contributed by atoms with Crippen molar-refractivity contribution in [1.29, 1.82) is 0 Å². The SMILES string of the molecule is O=C(C[C@H]1C[C@H]2c3cc(NC(=O)Nc4ccc(C(F)(F)F)cc4)ccc3O[C@H]2[C@H](CO)O1)NCCc1ccccc1. The van der Waals surface area contributed by atoms with Crippen molar-refractivity contribution in [2.24, 2.45) is 0 Å². The maximum absolute atomic E-state index is 12.8. The van der Waals surface area contributed by atoms with Crippen molar-refractivity contribution in [2.45, 2.75) is 49.7 Å². The number of ether oxygens (including phenoxy) is 2. The second-order valence-electron chi connectivity index (χ2n) is 10.1. The third-order valence-corrected chi connectivity index (χ3v) is 7.22. The van der Waals surface area contributed by atoms with E-state index in [9.17, 15) is 27.9 Å². The number of fused-ring (bicyclic) bond motifs is 3. The first-order valence-electron chi connectivity index (χ1n) is 13.3. The van der Waals surface area contributed by atoms with Crippen LogP contribution >= 0.6 is 0 Å². The maximum atomic E-state index is 12.8. The van der Waals surface area contributed by atoms with Crippen LogP contribution in [0.2, 0.25) is 0 Å². The van der Waals surface area contributed by atoms with E-state index < -0.39 is 36.1 Å². The standard InChI is InChI=1S/C30H30F3N3O5/c31-30(32,33)19-6-8-20(9-7-19)35-29(39)36-21-10-11-25-23(14-21)24-15-22(40-26(17-37)28(24)41-25)16-27(38)34-13-12-18-4-2-1-3-5-18/h1-11,14,22,24,26,28,37H,12-13,15-17H2,(H,34,38)(H2,35,36,39)/t22-,24+,26+,28-/m1/s1. The Balaban J connectivity index is 1.19. The summed E-state index contributed by atoms with van der Waals surface area (Å²) in [6.45, 7) is 0.225. The van der Waals surface area contributed by atoms with Crippen LogP contribution in [0.5, 0.6) is 5.75 Å². The van der Waals surface area contributed by atoms with Gasteiger partial charge in [0.15, 0.2) is 0 Å². The Morgan fingerprint density at radius 2 is 1.66 bits per heavy atom. The van der Waals surface area contributed by atoms with Crippen LogP contribution in [0.4, 0.5) is 29.3 Å². The third-order valence-electron chi connectivity index (χ3n) is 7.22. The van der Waals surface area contributed by atoms with E-state index in [-0.39, 0.29) is 30.5 Å². The summed E-state index contributed by atoms with van der Waals surface area (Å²) in [7, 11) is 0. The lowest BCUT2D eigenvalue weighted by molar-refractivity contribution is -0.142. The van der Waals surface area contributed by atoms with E-state index in [0.29, 0.717) is 30.8 Å². The van der Waals surface area contributed by atoms with Crippen molar-refractivity contribution in [3.05, 3.63) is 89.5 Å². The van der Waals surface area contributed by atoms with Gasteiger partial charge in [-0.1, -0.05) is 30.3 Å². The molecule has 1 saturated heterocycles. The van der Waals surface area contributed by atoms with Gasteiger partial charge in [-0.25, -0.2) is 4.79 Å². The molecule has 2 heterocycles. The minimum Gasteiger partial charge on any atom is -0.487 e. The topological polar surface area (TPSA) is 109 Å². The van der Waals surface area contributed by atoms with Crippen molar-refractivity contribution in [2.75, 3.05) is 23.8 Å². The fourth-order valence-corrected chi connectivity index (χ4v) is 5.27. The minimum atomic E-state index is -4.46. The third kappa shape index (κ3) is 6.98. The number of alkyl halides is 3. The summed E-state index contributed by atoms with van der Waals surface area (Å²) in [5.74, 6) is 0.289. The molecule has 0 radical (unpaired) electrons. The highest BCUT2D eigenvalue weighted by Crippen LogP contribution is 2.47. The van der Waals surface area contributed by atoms with Crippen LogP contribution in [0.3, 0.4) is 0 Å². The summed E-state index contributed by atoms with van der Waals surface area (Å²) in [4.78, 5) is 25.2. The Morgan fingerprint density at radius 1 is 0.951 bits per heavy atom. The Labute approximate surface area is 234 Å². The molecule has 0 bridgehead atoms. The first-order valence-corrected chi connectivity index (χ1v) is 13.3. The van der Waals surface area contributed by atoms with E-state index in [4.69, 9.17) is 9.47 Å². The number of aliphatic hydroxyl groups excluding tert-OH is 1. The van der Waals surface area contributed by atoms with Gasteiger partial charge in [0.05, 0.1) is 24.7 Å². The highest BCUT2D eigenvalue weighted by molar-refractivity contribution is 5.99. The average Bonchev–Trinajstić information content (AvgIpc) is 3.31. The Hall–Kier alpha value is -4.09. The monoisotopic (exact) mass is 569 g/mol. The van der Waals surface area contributed by atoms with Crippen LogP contribution < -0.4 is 20.7 Å². The highest BCUT2D eigenvalue weighted by Gasteiger charge is 2.46. The number of urea groups is 1. The number of nitrogens with one attached hydrogen (secondary N) is 3. The molecule has 0 aromatic heterocycles. The zero-order valence-corrected chi connectivity index (χ0v) is 22.0. The van der Waals surface area contributed by atoms with Crippen LogP contribution in [0.1, 0.15) is 35.4 Å². The number of carbonyl (C=O) groups is 2. The van der Waals surface area contributed by atoms with Crippen molar-refractivity contribution in [3.63, 3.8) is 0 Å². The van der Waals surface area contributed by atoms with Gasteiger partial charge in [0.1, 0.15) is 18.0 Å². The van der Waals surface area contributed by atoms with Crippen LogP contribution in [0.15, 0.2) is 72.8 Å². The second kappa shape index (κ2) is 12.2. The molecule has 11 heteroatoms. The number of aliphatic hydroxyl groups is 1. The lowest BCUT2D eigenvalue weighted by Crippen LogP contribution is -2.47. The molecule has 0 saturated carbocycles. The molecule has 0 spiro atoms. The molecule has 2 aliphatic rings. The molecule has 1 fully saturated rings. The smallest absolute Gasteiger partial charge is 0.416 e. The van der Waals surface area contributed by atoms with Crippen LogP contribution in [0, 0.1) is 0 Å². The van der Waals surface area contributed by atoms with Gasteiger partial charge >= 0.3 is 12.2 Å². The van der Waals surface area contributed by atoms with E-state index in [2.05, 4.69) is 16.0 Å². The molecule has 5 rings (SSSR count). The molecule has 8 nitrogen and oxygen atoms in total. The molecule has 216 valence electrons. The predicted molar refractivity (Wildman–Crippen MR) is 146 cm³/mol. The zero-order chi connectivity index (χ0) is 29.0. The summed E-state index contributed by atoms with van der Waals surface area (Å²) in [6.07, 6.45) is -4.62. The van der Waals surface area contributed by atoms with Crippen LogP contribution in [-0.2, 0) is 22.1 Å². The summed E-state index contributed by atoms with van der Waals surface area (Å²) < 4.78 is 50.5. The largest absolute Gasteiger partial charge is 0.487 e. The molecule has 41 heavy (non-hydrogen) atoms. The fourth-order valence-electron chi connectivity index (χ4n) is 5.27. The fraction of sp³-hybridized carbons (Fsp3) is 0.333. The quantitative estimate of drug-likeness (QED) is 0.302. The van der Waals surface area contributed by atoms with E-state index in [0.717, 1.165) is 23.3 Å². The van der Waals surface area contributed by atoms with Crippen molar-refractivity contribution in [1.82, 2.24) is 5.32 Å². The molecule has 0 unspecified atom stereocenters. The van der Waals surface area contributed by atoms with Crippen molar-refractivity contribution < 1.29 is 37.3 Å². The predicted octanol–water partition coefficient (Wildman–Crippen LogP) is 5.09. The van der Waals surface area contributed by atoms with Gasteiger partial charge in [0.2, 0.25) is 5.91 Å². The number of anilines is 2. The maximum Gasteiger partial charge on any atom is 0.416 e. The molecule has 2 aliphatic heterocycles. The molecular weight excluding hydrogens is 539 g/mol. The van der Waals surface area contributed by atoms with Gasteiger partial charge in [-0.3, -0.25) is 4.79 Å². The number of benzene rings is 3. The van der Waals surface area contributed by atoms with E-state index in [1.165, 1.54) is 12.1 Å². The summed E-state index contributed by atoms with van der Waals surface area (Å²) in [6, 6.07) is 18.5. The molecule has 3 aromatic carbocycles. The number of rotatable bonds is 8. The number of amides is 3. The van der Waals surface area contributed by atoms with E-state index in [1.807, 2.05) is 30.3 Å². The first-order chi connectivity index (χ1) is 19.7. The first kappa shape index (κ1) is 28.4. The number of hydrogen-bond donors (Lipinski definition) is 4. The van der Waals surface area contributed by atoms with E-state index >= 15 is 0 Å². The van der Waals surface area contributed by atoms with Crippen LogP contribution in [-0.4, -0.2) is 48.5 Å². The molecule has 4 N–H and O–H groups in total. The number of halogens is 3. The zero-order valence-electron chi connectivity index (χ0n) is 22.0. The van der Waals surface area contributed by atoms with Gasteiger partial charge in [-0.15, -0.1) is 0 Å². The number of carbonyl (C=O) groups excluding carboxylic acids is 2. The molecule has 3 amide bonds. The normalized spacial score (nSPS) is 21.3. The molecular formula is C30H30F3N3O5. The Morgan fingerprint density at radius 3 is 2.37 bits per heavy atom. The second-order valence-corrected chi connectivity index (χ2v) is 10.1. The average molecular weight is 570 g/mol. The molecule has 3 aromatic rings. The van der Waals surface area contributed by atoms with Crippen molar-refractivity contribution in [3.8, 4) is 5.75 Å². The summed E-state index contributed by atoms with van der Waals surface area (Å²) >= 11 is 0. The lowest BCUT2D eigenvalue weighted by Gasteiger charge is -2.37. The summed E-state index contributed by atoms with van der Waals surface area (Å²) in [5.41, 5.74) is 1.80. The minimum absolute atomic E-state index is 0.136. The summed E-state index contributed by atoms with van der Waals surface area (Å²) in [5, 5.41) is 18.1. The molecule has 0 aliphatic carbocycles. The highest BCUT2D eigenvalue weighted by atomic mass is 19.4. The Kier molecular flexibility index (Phi) is 8.46. The van der Waals surface area contributed by atoms with Crippen molar-refractivity contribution >= 4 is 23.3 Å². The van der Waals surface area contributed by atoms with Crippen LogP contribution in [0.25, 0.3) is 0 Å². The number of hydrogen-bond acceptors (Lipinski definition) is 5. The van der Waals surface area contributed by atoms with E-state index in [1.54, 1.807) is 18.2 Å². The van der Waals surface area contributed by atoms with Gasteiger partial charge in [-0.2, -0.15) is 13.2 Å². The van der Waals surface area contributed by atoms with Gasteiger partial charge in [-0.05, 0) is 60.9 Å². The Bertz CT molecular complexity index is 1370. The molecule has 4 atom stereocenters. The van der Waals surface area contributed by atoms with Gasteiger partial charge < -0.3 is 30.5 Å². The van der Waals surface area contributed by atoms with Gasteiger partial charge in [0.25, 0.3) is 0 Å².